The Labute approximate surface area is 219 Å². The van der Waals surface area contributed by atoms with Crippen LogP contribution in [0.1, 0.15) is 55.3 Å². The van der Waals surface area contributed by atoms with Gasteiger partial charge in [0.25, 0.3) is 5.91 Å². The lowest BCUT2D eigenvalue weighted by atomic mass is 9.97. The van der Waals surface area contributed by atoms with Crippen LogP contribution in [-0.4, -0.2) is 53.6 Å². The summed E-state index contributed by atoms with van der Waals surface area (Å²) in [5, 5.41) is 16.8. The number of thiophene rings is 1. The Morgan fingerprint density at radius 2 is 2.00 bits per heavy atom. The number of likely N-dealkylation sites (tertiary alicyclic amines) is 1. The molecule has 4 atom stereocenters. The molecular weight excluding hydrogens is 495 g/mol. The van der Waals surface area contributed by atoms with Crippen molar-refractivity contribution in [3.63, 3.8) is 0 Å². The molecule has 1 aliphatic heterocycles. The van der Waals surface area contributed by atoms with E-state index in [4.69, 9.17) is 4.74 Å². The molecule has 0 radical (unpaired) electrons. The van der Waals surface area contributed by atoms with Gasteiger partial charge in [-0.3, -0.25) is 14.5 Å². The number of fused-ring (bicyclic) bond motifs is 2. The van der Waals surface area contributed by atoms with Crippen LogP contribution in [0.4, 0.5) is 9.18 Å². The van der Waals surface area contributed by atoms with Gasteiger partial charge in [-0.1, -0.05) is 12.1 Å². The summed E-state index contributed by atoms with van der Waals surface area (Å²) in [6, 6.07) is 6.70. The predicted molar refractivity (Wildman–Crippen MR) is 137 cm³/mol. The zero-order valence-electron chi connectivity index (χ0n) is 21.3. The number of halogens is 1. The van der Waals surface area contributed by atoms with E-state index in [2.05, 4.69) is 16.7 Å². The van der Waals surface area contributed by atoms with Gasteiger partial charge >= 0.3 is 6.09 Å². The molecule has 1 aromatic carbocycles. The smallest absolute Gasteiger partial charge is 0.411 e. The first-order valence-corrected chi connectivity index (χ1v) is 13.2. The van der Waals surface area contributed by atoms with Gasteiger partial charge in [0.15, 0.2) is 0 Å². The summed E-state index contributed by atoms with van der Waals surface area (Å²) < 4.78 is 20.5. The summed E-state index contributed by atoms with van der Waals surface area (Å²) in [5.74, 6) is -1.11. The fourth-order valence-corrected chi connectivity index (χ4v) is 5.99. The normalized spacial score (nSPS) is 21.3. The van der Waals surface area contributed by atoms with Gasteiger partial charge in [-0.2, -0.15) is 5.26 Å². The number of benzene rings is 1. The van der Waals surface area contributed by atoms with E-state index in [0.29, 0.717) is 10.4 Å². The van der Waals surface area contributed by atoms with E-state index in [1.54, 1.807) is 51.4 Å². The van der Waals surface area contributed by atoms with Crippen LogP contribution < -0.4 is 10.6 Å². The van der Waals surface area contributed by atoms with Crippen LogP contribution in [0.25, 0.3) is 11.1 Å². The van der Waals surface area contributed by atoms with Crippen LogP contribution >= 0.6 is 11.3 Å². The number of carbonyl (C=O) groups excluding carboxylic acids is 3. The molecule has 196 valence electrons. The molecular formula is C27H31FN4O4S. The fourth-order valence-electron chi connectivity index (χ4n) is 5.13. The van der Waals surface area contributed by atoms with Crippen molar-refractivity contribution in [1.82, 2.24) is 15.5 Å². The van der Waals surface area contributed by atoms with Crippen LogP contribution in [0.2, 0.25) is 0 Å². The summed E-state index contributed by atoms with van der Waals surface area (Å²) in [6.45, 7) is 5.33. The van der Waals surface area contributed by atoms with Gasteiger partial charge in [0.1, 0.15) is 23.5 Å². The highest BCUT2D eigenvalue weighted by molar-refractivity contribution is 7.12. The zero-order valence-corrected chi connectivity index (χ0v) is 22.2. The molecule has 1 aromatic heterocycles. The van der Waals surface area contributed by atoms with Gasteiger partial charge in [-0.05, 0) is 80.2 Å². The van der Waals surface area contributed by atoms with Crippen LogP contribution in [0.3, 0.4) is 0 Å². The van der Waals surface area contributed by atoms with Crippen LogP contribution in [-0.2, 0) is 16.0 Å². The van der Waals surface area contributed by atoms with Crippen molar-refractivity contribution in [3.8, 4) is 17.2 Å². The Morgan fingerprint density at radius 1 is 1.24 bits per heavy atom. The Kier molecular flexibility index (Phi) is 7.55. The lowest BCUT2D eigenvalue weighted by molar-refractivity contribution is -0.128. The molecule has 1 saturated heterocycles. The Morgan fingerprint density at radius 3 is 2.65 bits per heavy atom. The summed E-state index contributed by atoms with van der Waals surface area (Å²) in [4.78, 5) is 39.9. The summed E-state index contributed by atoms with van der Waals surface area (Å²) in [7, 11) is 1.55. The third kappa shape index (κ3) is 5.77. The van der Waals surface area contributed by atoms with Crippen LogP contribution in [0.5, 0.6) is 0 Å². The lowest BCUT2D eigenvalue weighted by Crippen LogP contribution is -2.55. The summed E-state index contributed by atoms with van der Waals surface area (Å²) in [5.41, 5.74) is 0.929. The summed E-state index contributed by atoms with van der Waals surface area (Å²) >= 11 is 1.27. The number of nitrogens with one attached hydrogen (secondary N) is 2. The van der Waals surface area contributed by atoms with Crippen molar-refractivity contribution in [2.75, 3.05) is 7.05 Å². The highest BCUT2D eigenvalue weighted by Crippen LogP contribution is 2.43. The zero-order chi connectivity index (χ0) is 26.9. The number of ether oxygens (including phenoxy) is 1. The molecule has 4 unspecified atom stereocenters. The van der Waals surface area contributed by atoms with E-state index >= 15 is 0 Å². The minimum atomic E-state index is -0.964. The van der Waals surface area contributed by atoms with E-state index in [9.17, 15) is 24.0 Å². The molecule has 37 heavy (non-hydrogen) atoms. The van der Waals surface area contributed by atoms with Gasteiger partial charge < -0.3 is 15.4 Å². The second kappa shape index (κ2) is 10.5. The van der Waals surface area contributed by atoms with E-state index < -0.39 is 35.5 Å². The number of hydrogen-bond acceptors (Lipinski definition) is 6. The average Bonchev–Trinajstić information content (AvgIpc) is 3.59. The third-order valence-corrected chi connectivity index (χ3v) is 7.72. The predicted octanol–water partition coefficient (Wildman–Crippen LogP) is 4.25. The molecule has 2 heterocycles. The van der Waals surface area contributed by atoms with Crippen LogP contribution in [0.15, 0.2) is 29.6 Å². The molecule has 10 heteroatoms. The minimum Gasteiger partial charge on any atom is -0.444 e. The first-order valence-electron chi connectivity index (χ1n) is 12.3. The number of piperidine rings is 1. The Bertz CT molecular complexity index is 1250. The van der Waals surface area contributed by atoms with E-state index in [1.165, 1.54) is 22.3 Å². The molecule has 2 aromatic rings. The Hall–Kier alpha value is -3.45. The van der Waals surface area contributed by atoms with Crippen molar-refractivity contribution in [1.29, 1.82) is 5.26 Å². The van der Waals surface area contributed by atoms with Gasteiger partial charge in [0.05, 0.1) is 10.9 Å². The number of nitriles is 1. The molecule has 2 bridgehead atoms. The van der Waals surface area contributed by atoms with Crippen molar-refractivity contribution >= 4 is 29.2 Å². The first kappa shape index (κ1) is 26.6. The fraction of sp³-hybridized carbons (Fsp3) is 0.481. The maximum absolute atomic E-state index is 15.0. The number of rotatable bonds is 6. The SMILES string of the molecule is CNC(=O)c1cc(-c2ccc(CC(C#N)NC(=O)C3C4CCC(C4)N3C(=O)OC(C)(C)C)c(F)c2)cs1. The number of nitrogens with zero attached hydrogens (tertiary/aromatic N) is 2. The molecule has 8 nitrogen and oxygen atoms in total. The van der Waals surface area contributed by atoms with Gasteiger partial charge in [0.2, 0.25) is 5.91 Å². The first-order chi connectivity index (χ1) is 17.5. The Balaban J connectivity index is 1.44. The standard InChI is InChI=1S/C27H31FN4O4S/c1-27(2,3)36-26(35)32-20-8-7-17(10-20)23(32)25(34)31-19(13-29)9-16-6-5-15(11-21(16)28)18-12-22(37-14-18)24(33)30-4/h5-6,11-12,14,17,19-20,23H,7-10H2,1-4H3,(H,30,33)(H,31,34). The van der Waals surface area contributed by atoms with Gasteiger partial charge in [-0.25, -0.2) is 9.18 Å². The highest BCUT2D eigenvalue weighted by atomic mass is 32.1. The van der Waals surface area contributed by atoms with E-state index in [1.807, 2.05) is 0 Å². The maximum Gasteiger partial charge on any atom is 0.411 e. The lowest BCUT2D eigenvalue weighted by Gasteiger charge is -2.35. The van der Waals surface area contributed by atoms with Crippen molar-refractivity contribution in [3.05, 3.63) is 45.9 Å². The third-order valence-electron chi connectivity index (χ3n) is 6.79. The quantitative estimate of drug-likeness (QED) is 0.585. The second-order valence-electron chi connectivity index (χ2n) is 10.5. The van der Waals surface area contributed by atoms with Crippen molar-refractivity contribution in [2.45, 2.75) is 70.2 Å². The van der Waals surface area contributed by atoms with E-state index in [0.717, 1.165) is 24.8 Å². The average molecular weight is 527 g/mol. The minimum absolute atomic E-state index is 0.0122. The van der Waals surface area contributed by atoms with Gasteiger partial charge in [0, 0.05) is 19.5 Å². The van der Waals surface area contributed by atoms with Gasteiger partial charge in [-0.15, -0.1) is 11.3 Å². The number of amides is 3. The maximum atomic E-state index is 15.0. The molecule has 2 fully saturated rings. The largest absolute Gasteiger partial charge is 0.444 e. The molecule has 1 saturated carbocycles. The van der Waals surface area contributed by atoms with Crippen molar-refractivity contribution in [2.24, 2.45) is 5.92 Å². The van der Waals surface area contributed by atoms with E-state index in [-0.39, 0.29) is 29.9 Å². The molecule has 4 rings (SSSR count). The molecule has 1 aliphatic carbocycles. The molecule has 3 amide bonds. The molecule has 0 spiro atoms. The molecule has 2 aliphatic rings. The number of carbonyl (C=O) groups is 3. The second-order valence-corrected chi connectivity index (χ2v) is 11.4. The van der Waals surface area contributed by atoms with Crippen molar-refractivity contribution < 1.29 is 23.5 Å². The number of hydrogen-bond donors (Lipinski definition) is 2. The van der Waals surface area contributed by atoms with Crippen LogP contribution in [0, 0.1) is 23.1 Å². The molecule has 2 N–H and O–H groups in total. The summed E-state index contributed by atoms with van der Waals surface area (Å²) in [6.07, 6.45) is 1.84. The topological polar surface area (TPSA) is 112 Å². The monoisotopic (exact) mass is 526 g/mol. The highest BCUT2D eigenvalue weighted by Gasteiger charge is 2.52.